The van der Waals surface area contributed by atoms with E-state index in [1.165, 1.54) is 12.4 Å². The van der Waals surface area contributed by atoms with Gasteiger partial charge in [-0.3, -0.25) is 19.6 Å². The van der Waals surface area contributed by atoms with Gasteiger partial charge in [0.2, 0.25) is 0 Å². The summed E-state index contributed by atoms with van der Waals surface area (Å²) < 4.78 is 0. The lowest BCUT2D eigenvalue weighted by Gasteiger charge is -2.32. The smallest absolute Gasteiger partial charge is 0.274 e. The molecule has 1 fully saturated rings. The van der Waals surface area contributed by atoms with Gasteiger partial charge in [0, 0.05) is 36.9 Å². The topological polar surface area (TPSA) is 88.1 Å². The maximum absolute atomic E-state index is 12.8. The van der Waals surface area contributed by atoms with Crippen LogP contribution in [-0.2, 0) is 0 Å². The number of nitrogens with zero attached hydrogens (tertiary/aromatic N) is 4. The van der Waals surface area contributed by atoms with Crippen molar-refractivity contribution in [3.63, 3.8) is 0 Å². The van der Waals surface area contributed by atoms with Crippen molar-refractivity contribution in [1.82, 2.24) is 25.2 Å². The molecule has 3 heterocycles. The molecule has 3 aromatic rings. The minimum atomic E-state index is -0.118. The number of aryl methyl sites for hydroxylation is 2. The number of rotatable bonds is 3. The molecular weight excluding hydrogens is 366 g/mol. The predicted molar refractivity (Wildman–Crippen MR) is 110 cm³/mol. The van der Waals surface area contributed by atoms with Gasteiger partial charge in [-0.1, -0.05) is 12.1 Å². The maximum atomic E-state index is 12.8. The zero-order valence-corrected chi connectivity index (χ0v) is 16.6. The third kappa shape index (κ3) is 4.08. The Morgan fingerprint density at radius 3 is 2.62 bits per heavy atom. The lowest BCUT2D eigenvalue weighted by Crippen LogP contribution is -2.46. The van der Waals surface area contributed by atoms with E-state index in [1.807, 2.05) is 38.1 Å². The number of carbonyl (C=O) groups excluding carboxylic acids is 2. The molecule has 0 spiro atoms. The summed E-state index contributed by atoms with van der Waals surface area (Å²) in [6, 6.07) is 7.96. The van der Waals surface area contributed by atoms with Crippen molar-refractivity contribution in [3.05, 3.63) is 65.4 Å². The van der Waals surface area contributed by atoms with E-state index in [-0.39, 0.29) is 17.9 Å². The second kappa shape index (κ2) is 7.95. The number of amides is 2. The maximum Gasteiger partial charge on any atom is 0.274 e. The van der Waals surface area contributed by atoms with Crippen molar-refractivity contribution in [1.29, 1.82) is 0 Å². The van der Waals surface area contributed by atoms with Gasteiger partial charge in [-0.15, -0.1) is 0 Å². The molecule has 29 heavy (non-hydrogen) atoms. The second-order valence-corrected chi connectivity index (χ2v) is 7.45. The van der Waals surface area contributed by atoms with Gasteiger partial charge in [-0.2, -0.15) is 0 Å². The number of nitrogens with one attached hydrogen (secondary N) is 1. The molecule has 7 nitrogen and oxygen atoms in total. The Morgan fingerprint density at radius 2 is 1.90 bits per heavy atom. The van der Waals surface area contributed by atoms with Gasteiger partial charge < -0.3 is 10.2 Å². The molecule has 0 bridgehead atoms. The highest BCUT2D eigenvalue weighted by Gasteiger charge is 2.26. The van der Waals surface area contributed by atoms with Crippen molar-refractivity contribution >= 4 is 22.7 Å². The largest absolute Gasteiger partial charge is 0.349 e. The van der Waals surface area contributed by atoms with Crippen LogP contribution in [-0.4, -0.2) is 50.8 Å². The van der Waals surface area contributed by atoms with E-state index in [9.17, 15) is 9.59 Å². The third-order valence-corrected chi connectivity index (χ3v) is 5.31. The van der Waals surface area contributed by atoms with Crippen LogP contribution in [0.5, 0.6) is 0 Å². The Morgan fingerprint density at radius 1 is 1.10 bits per heavy atom. The van der Waals surface area contributed by atoms with Gasteiger partial charge in [-0.05, 0) is 44.4 Å². The van der Waals surface area contributed by atoms with E-state index in [0.29, 0.717) is 37.2 Å². The third-order valence-electron chi connectivity index (χ3n) is 5.31. The lowest BCUT2D eigenvalue weighted by molar-refractivity contribution is 0.0692. The van der Waals surface area contributed by atoms with Gasteiger partial charge in [0.05, 0.1) is 23.0 Å². The fraction of sp³-hybridized carbons (Fsp3) is 0.318. The molecule has 7 heteroatoms. The van der Waals surface area contributed by atoms with Crippen LogP contribution >= 0.6 is 0 Å². The quantitative estimate of drug-likeness (QED) is 0.744. The van der Waals surface area contributed by atoms with Crippen LogP contribution in [0.2, 0.25) is 0 Å². The highest BCUT2D eigenvalue weighted by molar-refractivity contribution is 5.99. The number of benzene rings is 1. The van der Waals surface area contributed by atoms with Crippen molar-refractivity contribution in [2.45, 2.75) is 32.7 Å². The van der Waals surface area contributed by atoms with Crippen molar-refractivity contribution in [2.75, 3.05) is 13.1 Å². The molecule has 1 saturated heterocycles. The minimum Gasteiger partial charge on any atom is -0.349 e. The normalized spacial score (nSPS) is 14.8. The first kappa shape index (κ1) is 19.0. The van der Waals surface area contributed by atoms with Crippen LogP contribution in [0, 0.1) is 13.8 Å². The molecule has 148 valence electrons. The molecule has 0 saturated carbocycles. The fourth-order valence-electron chi connectivity index (χ4n) is 3.66. The Balaban J connectivity index is 1.40. The SMILES string of the molecule is Cc1ccc2cc(C(=O)NC3CCN(C(=O)c4cnccn4)CC3)c(C)nc2c1. The summed E-state index contributed by atoms with van der Waals surface area (Å²) >= 11 is 0. The molecule has 0 atom stereocenters. The van der Waals surface area contributed by atoms with Gasteiger partial charge >= 0.3 is 0 Å². The van der Waals surface area contributed by atoms with E-state index < -0.39 is 0 Å². The summed E-state index contributed by atoms with van der Waals surface area (Å²) in [5.74, 6) is -0.232. The van der Waals surface area contributed by atoms with Crippen LogP contribution in [0.4, 0.5) is 0 Å². The number of fused-ring (bicyclic) bond motifs is 1. The minimum absolute atomic E-state index is 0.0292. The average molecular weight is 389 g/mol. The first-order valence-electron chi connectivity index (χ1n) is 9.75. The van der Waals surface area contributed by atoms with Gasteiger partial charge in [0.25, 0.3) is 11.8 Å². The molecule has 1 aromatic carbocycles. The van der Waals surface area contributed by atoms with E-state index >= 15 is 0 Å². The lowest BCUT2D eigenvalue weighted by atomic mass is 10.0. The summed E-state index contributed by atoms with van der Waals surface area (Å²) in [6.45, 7) is 5.04. The van der Waals surface area contributed by atoms with Crippen LogP contribution < -0.4 is 5.32 Å². The highest BCUT2D eigenvalue weighted by atomic mass is 16.2. The zero-order chi connectivity index (χ0) is 20.4. The number of pyridine rings is 1. The van der Waals surface area contributed by atoms with Gasteiger partial charge in [-0.25, -0.2) is 4.98 Å². The molecule has 1 aliphatic rings. The predicted octanol–water partition coefficient (Wildman–Crippen LogP) is 2.68. The van der Waals surface area contributed by atoms with Crippen LogP contribution in [0.1, 0.15) is 44.9 Å². The first-order valence-corrected chi connectivity index (χ1v) is 9.75. The van der Waals surface area contributed by atoms with E-state index in [0.717, 1.165) is 22.2 Å². The standard InChI is InChI=1S/C22H23N5O2/c1-14-3-4-16-12-18(15(2)25-19(16)11-14)21(28)26-17-5-9-27(10-6-17)22(29)20-13-23-7-8-24-20/h3-4,7-8,11-13,17H,5-6,9-10H2,1-2H3,(H,26,28). The van der Waals surface area contributed by atoms with Crippen molar-refractivity contribution in [2.24, 2.45) is 0 Å². The molecule has 2 aromatic heterocycles. The van der Waals surface area contributed by atoms with E-state index in [2.05, 4.69) is 20.3 Å². The Kier molecular flexibility index (Phi) is 5.20. The van der Waals surface area contributed by atoms with Crippen LogP contribution in [0.3, 0.4) is 0 Å². The monoisotopic (exact) mass is 389 g/mol. The number of carbonyl (C=O) groups is 2. The summed E-state index contributed by atoms with van der Waals surface area (Å²) in [5.41, 5.74) is 3.71. The first-order chi connectivity index (χ1) is 14.0. The number of likely N-dealkylation sites (tertiary alicyclic amines) is 1. The summed E-state index contributed by atoms with van der Waals surface area (Å²) in [7, 11) is 0. The van der Waals surface area contributed by atoms with Gasteiger partial charge in [0.1, 0.15) is 5.69 Å². The molecule has 0 aliphatic carbocycles. The summed E-state index contributed by atoms with van der Waals surface area (Å²) in [6.07, 6.45) is 5.95. The van der Waals surface area contributed by atoms with Crippen molar-refractivity contribution < 1.29 is 9.59 Å². The van der Waals surface area contributed by atoms with E-state index in [4.69, 9.17) is 0 Å². The zero-order valence-electron chi connectivity index (χ0n) is 16.6. The van der Waals surface area contributed by atoms with Gasteiger partial charge in [0.15, 0.2) is 0 Å². The number of aromatic nitrogens is 3. The molecule has 2 amide bonds. The highest BCUT2D eigenvalue weighted by Crippen LogP contribution is 2.19. The molecule has 0 unspecified atom stereocenters. The average Bonchev–Trinajstić information content (AvgIpc) is 2.73. The molecule has 1 aliphatic heterocycles. The number of hydrogen-bond donors (Lipinski definition) is 1. The summed E-state index contributed by atoms with van der Waals surface area (Å²) in [5, 5.41) is 4.06. The Hall–Kier alpha value is -3.35. The number of hydrogen-bond acceptors (Lipinski definition) is 5. The van der Waals surface area contributed by atoms with Crippen LogP contribution in [0.15, 0.2) is 42.9 Å². The molecule has 0 radical (unpaired) electrons. The Bertz CT molecular complexity index is 1060. The molecule has 4 rings (SSSR count). The second-order valence-electron chi connectivity index (χ2n) is 7.45. The fourth-order valence-corrected chi connectivity index (χ4v) is 3.66. The van der Waals surface area contributed by atoms with Crippen LogP contribution in [0.25, 0.3) is 10.9 Å². The Labute approximate surface area is 169 Å². The molecular formula is C22H23N5O2. The van der Waals surface area contributed by atoms with E-state index in [1.54, 1.807) is 11.1 Å². The molecule has 1 N–H and O–H groups in total. The van der Waals surface area contributed by atoms with Crippen molar-refractivity contribution in [3.8, 4) is 0 Å². The number of piperidine rings is 1. The summed E-state index contributed by atoms with van der Waals surface area (Å²) in [4.78, 5) is 39.7.